The van der Waals surface area contributed by atoms with E-state index >= 15 is 0 Å². The van der Waals surface area contributed by atoms with Gasteiger partial charge in [0.1, 0.15) is 18.0 Å². The highest BCUT2D eigenvalue weighted by molar-refractivity contribution is 7.92. The van der Waals surface area contributed by atoms with Crippen LogP contribution >= 0.6 is 0 Å². The SMILES string of the molecule is O=S(=O)(Nc1ccc(Nc2cc(-n3cccn3)ncn2)cc1)c1cccc(F)c1. The van der Waals surface area contributed by atoms with E-state index in [9.17, 15) is 12.8 Å². The predicted molar refractivity (Wildman–Crippen MR) is 106 cm³/mol. The van der Waals surface area contributed by atoms with Crippen molar-refractivity contribution in [3.8, 4) is 5.82 Å². The quantitative estimate of drug-likeness (QED) is 0.505. The molecule has 2 aromatic heterocycles. The molecule has 0 fully saturated rings. The summed E-state index contributed by atoms with van der Waals surface area (Å²) < 4.78 is 42.0. The summed E-state index contributed by atoms with van der Waals surface area (Å²) in [6, 6.07) is 14.9. The molecular weight excluding hydrogens is 395 g/mol. The lowest BCUT2D eigenvalue weighted by Crippen LogP contribution is -2.13. The van der Waals surface area contributed by atoms with Crippen LogP contribution in [0.25, 0.3) is 5.82 Å². The number of aromatic nitrogens is 4. The minimum atomic E-state index is -3.88. The van der Waals surface area contributed by atoms with Crippen LogP contribution in [-0.4, -0.2) is 28.2 Å². The number of nitrogens with one attached hydrogen (secondary N) is 2. The van der Waals surface area contributed by atoms with Crippen molar-refractivity contribution in [3.05, 3.63) is 85.2 Å². The highest BCUT2D eigenvalue weighted by Gasteiger charge is 2.14. The van der Waals surface area contributed by atoms with Gasteiger partial charge in [-0.1, -0.05) is 6.07 Å². The normalized spacial score (nSPS) is 11.2. The zero-order valence-electron chi connectivity index (χ0n) is 14.9. The lowest BCUT2D eigenvalue weighted by atomic mass is 10.3. The van der Waals surface area contributed by atoms with Gasteiger partial charge in [-0.25, -0.2) is 27.5 Å². The van der Waals surface area contributed by atoms with Crippen molar-refractivity contribution in [2.45, 2.75) is 4.90 Å². The molecule has 146 valence electrons. The minimum Gasteiger partial charge on any atom is -0.340 e. The van der Waals surface area contributed by atoms with Crippen LogP contribution in [0.15, 0.2) is 84.3 Å². The second kappa shape index (κ2) is 7.68. The summed E-state index contributed by atoms with van der Waals surface area (Å²) in [6.07, 6.45) is 4.84. The Kier molecular flexibility index (Phi) is 4.92. The third-order valence-electron chi connectivity index (χ3n) is 3.91. The van der Waals surface area contributed by atoms with Gasteiger partial charge in [0.2, 0.25) is 0 Å². The molecule has 0 atom stereocenters. The fourth-order valence-electron chi connectivity index (χ4n) is 2.56. The molecule has 0 aliphatic carbocycles. The van der Waals surface area contributed by atoms with Gasteiger partial charge in [0, 0.05) is 29.8 Å². The van der Waals surface area contributed by atoms with Gasteiger partial charge >= 0.3 is 0 Å². The van der Waals surface area contributed by atoms with Crippen LogP contribution in [0.5, 0.6) is 0 Å². The van der Waals surface area contributed by atoms with E-state index in [1.165, 1.54) is 24.5 Å². The van der Waals surface area contributed by atoms with Gasteiger partial charge in [-0.2, -0.15) is 5.10 Å². The lowest BCUT2D eigenvalue weighted by molar-refractivity contribution is 0.595. The van der Waals surface area contributed by atoms with Crippen LogP contribution in [0.2, 0.25) is 0 Å². The molecule has 0 aliphatic rings. The molecule has 29 heavy (non-hydrogen) atoms. The molecule has 4 aromatic rings. The summed E-state index contributed by atoms with van der Waals surface area (Å²) in [5, 5.41) is 7.24. The average molecular weight is 410 g/mol. The summed E-state index contributed by atoms with van der Waals surface area (Å²) in [5.74, 6) is 0.539. The molecule has 0 bridgehead atoms. The Labute approximate surface area is 166 Å². The van der Waals surface area contributed by atoms with E-state index in [1.54, 1.807) is 53.5 Å². The predicted octanol–water partition coefficient (Wildman–Crippen LogP) is 3.35. The van der Waals surface area contributed by atoms with E-state index in [0.717, 1.165) is 6.07 Å². The first-order chi connectivity index (χ1) is 14.0. The van der Waals surface area contributed by atoms with E-state index in [2.05, 4.69) is 25.1 Å². The van der Waals surface area contributed by atoms with Crippen molar-refractivity contribution in [1.29, 1.82) is 0 Å². The fourth-order valence-corrected chi connectivity index (χ4v) is 3.65. The Morgan fingerprint density at radius 1 is 0.931 bits per heavy atom. The topological polar surface area (TPSA) is 102 Å². The molecular formula is C19H15FN6O2S. The third-order valence-corrected chi connectivity index (χ3v) is 5.29. The first kappa shape index (κ1) is 18.6. The molecule has 2 heterocycles. The molecule has 0 saturated heterocycles. The number of hydrogen-bond donors (Lipinski definition) is 2. The second-order valence-corrected chi connectivity index (χ2v) is 7.66. The van der Waals surface area contributed by atoms with Crippen LogP contribution in [0, 0.1) is 5.82 Å². The smallest absolute Gasteiger partial charge is 0.261 e. The van der Waals surface area contributed by atoms with Gasteiger partial charge < -0.3 is 5.32 Å². The van der Waals surface area contributed by atoms with Crippen molar-refractivity contribution in [1.82, 2.24) is 19.7 Å². The number of hydrogen-bond acceptors (Lipinski definition) is 6. The standard InChI is InChI=1S/C19H15FN6O2S/c20-14-3-1-4-17(11-14)29(27,28)25-16-7-5-15(6-8-16)24-18-12-19(22-13-21-18)26-10-2-9-23-26/h1-13,25H,(H,21,22,24). The molecule has 2 N–H and O–H groups in total. The van der Waals surface area contributed by atoms with Crippen LogP contribution in [0.1, 0.15) is 0 Å². The summed E-state index contributed by atoms with van der Waals surface area (Å²) in [6.45, 7) is 0. The van der Waals surface area contributed by atoms with E-state index in [4.69, 9.17) is 0 Å². The van der Waals surface area contributed by atoms with Gasteiger partial charge in [-0.05, 0) is 48.5 Å². The van der Waals surface area contributed by atoms with Crippen molar-refractivity contribution in [2.75, 3.05) is 10.0 Å². The number of halogens is 1. The zero-order valence-corrected chi connectivity index (χ0v) is 15.7. The number of benzene rings is 2. The average Bonchev–Trinajstić information content (AvgIpc) is 3.25. The molecule has 0 amide bonds. The van der Waals surface area contributed by atoms with Crippen LogP contribution in [-0.2, 0) is 10.0 Å². The summed E-state index contributed by atoms with van der Waals surface area (Å²) in [4.78, 5) is 8.18. The first-order valence-corrected chi connectivity index (χ1v) is 9.95. The molecule has 0 aliphatic heterocycles. The fraction of sp³-hybridized carbons (Fsp3) is 0. The summed E-state index contributed by atoms with van der Waals surface area (Å²) in [7, 11) is -3.88. The van der Waals surface area contributed by atoms with E-state index < -0.39 is 15.8 Å². The van der Waals surface area contributed by atoms with Crippen molar-refractivity contribution < 1.29 is 12.8 Å². The Morgan fingerprint density at radius 3 is 2.45 bits per heavy atom. The first-order valence-electron chi connectivity index (χ1n) is 8.47. The Morgan fingerprint density at radius 2 is 1.72 bits per heavy atom. The van der Waals surface area contributed by atoms with Gasteiger partial charge in [0.25, 0.3) is 10.0 Å². The number of rotatable bonds is 6. The monoisotopic (exact) mass is 410 g/mol. The van der Waals surface area contributed by atoms with E-state index in [0.29, 0.717) is 23.0 Å². The largest absolute Gasteiger partial charge is 0.340 e. The molecule has 0 radical (unpaired) electrons. The van der Waals surface area contributed by atoms with Crippen molar-refractivity contribution in [2.24, 2.45) is 0 Å². The molecule has 0 saturated carbocycles. The van der Waals surface area contributed by atoms with Crippen molar-refractivity contribution >= 4 is 27.2 Å². The lowest BCUT2D eigenvalue weighted by Gasteiger charge is -2.10. The highest BCUT2D eigenvalue weighted by atomic mass is 32.2. The Balaban J connectivity index is 1.48. The van der Waals surface area contributed by atoms with Crippen LogP contribution < -0.4 is 10.0 Å². The number of sulfonamides is 1. The molecule has 2 aromatic carbocycles. The second-order valence-electron chi connectivity index (χ2n) is 5.98. The third kappa shape index (κ3) is 4.38. The maximum absolute atomic E-state index is 13.3. The molecule has 4 rings (SSSR count). The maximum atomic E-state index is 13.3. The van der Waals surface area contributed by atoms with Crippen LogP contribution in [0.4, 0.5) is 21.6 Å². The minimum absolute atomic E-state index is 0.146. The number of anilines is 3. The van der Waals surface area contributed by atoms with Gasteiger partial charge in [0.05, 0.1) is 4.90 Å². The Hall–Kier alpha value is -3.79. The Bertz CT molecular complexity index is 1230. The summed E-state index contributed by atoms with van der Waals surface area (Å²) in [5.41, 5.74) is 1.04. The van der Waals surface area contributed by atoms with Gasteiger partial charge in [-0.15, -0.1) is 0 Å². The maximum Gasteiger partial charge on any atom is 0.261 e. The number of nitrogens with zero attached hydrogens (tertiary/aromatic N) is 4. The molecule has 0 spiro atoms. The molecule has 10 heteroatoms. The van der Waals surface area contributed by atoms with Gasteiger partial charge in [0.15, 0.2) is 5.82 Å². The highest BCUT2D eigenvalue weighted by Crippen LogP contribution is 2.21. The molecule has 0 unspecified atom stereocenters. The van der Waals surface area contributed by atoms with Gasteiger partial charge in [-0.3, -0.25) is 4.72 Å². The van der Waals surface area contributed by atoms with Crippen molar-refractivity contribution in [3.63, 3.8) is 0 Å². The van der Waals surface area contributed by atoms with Crippen LogP contribution in [0.3, 0.4) is 0 Å². The zero-order chi connectivity index (χ0) is 20.3. The van der Waals surface area contributed by atoms with E-state index in [-0.39, 0.29) is 4.90 Å². The van der Waals surface area contributed by atoms with E-state index in [1.807, 2.05) is 0 Å². The summed E-state index contributed by atoms with van der Waals surface area (Å²) >= 11 is 0. The molecule has 8 nitrogen and oxygen atoms in total.